The van der Waals surface area contributed by atoms with Gasteiger partial charge in [-0.3, -0.25) is 0 Å². The van der Waals surface area contributed by atoms with Crippen molar-refractivity contribution in [2.75, 3.05) is 26.2 Å². The van der Waals surface area contributed by atoms with Gasteiger partial charge in [-0.2, -0.15) is 0 Å². The molecule has 0 unspecified atom stereocenters. The van der Waals surface area contributed by atoms with Gasteiger partial charge in [-0.05, 0) is 53.6 Å². The van der Waals surface area contributed by atoms with E-state index in [1.807, 2.05) is 27.7 Å². The fraction of sp³-hybridized carbons (Fsp3) is 0.765. The molecule has 1 aromatic rings. The van der Waals surface area contributed by atoms with E-state index in [9.17, 15) is 8.42 Å². The first-order valence-electron chi connectivity index (χ1n) is 9.31. The van der Waals surface area contributed by atoms with Crippen LogP contribution in [0.5, 0.6) is 0 Å². The van der Waals surface area contributed by atoms with E-state index in [2.05, 4.69) is 14.9 Å². The van der Waals surface area contributed by atoms with Crippen LogP contribution in [0.4, 0.5) is 0 Å². The van der Waals surface area contributed by atoms with Crippen molar-refractivity contribution in [3.8, 4) is 0 Å². The number of piperidine rings is 1. The summed E-state index contributed by atoms with van der Waals surface area (Å²) in [5.41, 5.74) is -0.360. The third-order valence-electron chi connectivity index (χ3n) is 5.82. The number of sulfone groups is 1. The highest BCUT2D eigenvalue weighted by atomic mass is 32.2. The third-order valence-corrected chi connectivity index (χ3v) is 7.89. The molecule has 2 saturated heterocycles. The minimum absolute atomic E-state index is 0.0842. The molecule has 8 nitrogen and oxygen atoms in total. The smallest absolute Gasteiger partial charge is 0.399 e. The Morgan fingerprint density at radius 1 is 1.15 bits per heavy atom. The van der Waals surface area contributed by atoms with Crippen LogP contribution in [0.1, 0.15) is 40.5 Å². The molecule has 2 aliphatic rings. The lowest BCUT2D eigenvalue weighted by atomic mass is 9.81. The maximum Gasteiger partial charge on any atom is 0.498 e. The van der Waals surface area contributed by atoms with Crippen molar-refractivity contribution in [3.63, 3.8) is 0 Å². The minimum atomic E-state index is -3.58. The van der Waals surface area contributed by atoms with E-state index in [0.29, 0.717) is 37.9 Å². The van der Waals surface area contributed by atoms with Crippen molar-refractivity contribution in [3.05, 3.63) is 12.4 Å². The summed E-state index contributed by atoms with van der Waals surface area (Å²) < 4.78 is 37.6. The number of aliphatic hydroxyl groups is 1. The maximum absolute atomic E-state index is 12.8. The van der Waals surface area contributed by atoms with E-state index >= 15 is 0 Å². The van der Waals surface area contributed by atoms with Crippen molar-refractivity contribution in [2.24, 2.45) is 0 Å². The lowest BCUT2D eigenvalue weighted by Crippen LogP contribution is -2.41. The number of likely N-dealkylation sites (tertiary alicyclic amines) is 1. The average Bonchev–Trinajstić information content (AvgIpc) is 2.83. The molecule has 10 heteroatoms. The summed E-state index contributed by atoms with van der Waals surface area (Å²) in [4.78, 5) is 10.3. The van der Waals surface area contributed by atoms with Crippen LogP contribution < -0.4 is 5.46 Å². The molecule has 3 rings (SSSR count). The number of aliphatic hydroxyl groups excluding tert-OH is 1. The summed E-state index contributed by atoms with van der Waals surface area (Å²) in [6.45, 7) is 9.78. The molecule has 0 amide bonds. The van der Waals surface area contributed by atoms with Crippen molar-refractivity contribution in [1.29, 1.82) is 0 Å². The largest absolute Gasteiger partial charge is 0.498 e. The Morgan fingerprint density at radius 2 is 1.67 bits per heavy atom. The van der Waals surface area contributed by atoms with Crippen LogP contribution in [-0.4, -0.2) is 78.2 Å². The highest BCUT2D eigenvalue weighted by molar-refractivity contribution is 7.91. The molecular weight excluding hydrogens is 369 g/mol. The van der Waals surface area contributed by atoms with Gasteiger partial charge in [0.15, 0.2) is 0 Å². The van der Waals surface area contributed by atoms with Gasteiger partial charge < -0.3 is 19.3 Å². The molecule has 1 aromatic heterocycles. The van der Waals surface area contributed by atoms with Gasteiger partial charge in [0.1, 0.15) is 0 Å². The summed E-state index contributed by atoms with van der Waals surface area (Å²) in [7, 11) is -4.20. The SMILES string of the molecule is CC1(C)OB(c2cnc(S(=O)(=O)C3CCN(CCO)CC3)nc2)OC1(C)C. The third kappa shape index (κ3) is 4.05. The van der Waals surface area contributed by atoms with E-state index in [0.717, 1.165) is 0 Å². The normalized spacial score (nSPS) is 23.7. The van der Waals surface area contributed by atoms with Gasteiger partial charge in [0.25, 0.3) is 0 Å². The number of nitrogens with zero attached hydrogens (tertiary/aromatic N) is 3. The molecule has 2 fully saturated rings. The van der Waals surface area contributed by atoms with E-state index in [1.54, 1.807) is 0 Å². The quantitative estimate of drug-likeness (QED) is 0.548. The molecule has 27 heavy (non-hydrogen) atoms. The van der Waals surface area contributed by atoms with Gasteiger partial charge >= 0.3 is 7.12 Å². The van der Waals surface area contributed by atoms with Crippen LogP contribution in [0.2, 0.25) is 0 Å². The first-order chi connectivity index (χ1) is 12.6. The van der Waals surface area contributed by atoms with Gasteiger partial charge in [0.2, 0.25) is 15.0 Å². The first-order valence-corrected chi connectivity index (χ1v) is 10.9. The van der Waals surface area contributed by atoms with E-state index in [1.165, 1.54) is 12.4 Å². The molecule has 0 spiro atoms. The summed E-state index contributed by atoms with van der Waals surface area (Å²) in [5, 5.41) is 8.36. The summed E-state index contributed by atoms with van der Waals surface area (Å²) >= 11 is 0. The van der Waals surface area contributed by atoms with Gasteiger partial charge in [0, 0.05) is 24.4 Å². The lowest BCUT2D eigenvalue weighted by molar-refractivity contribution is 0.00578. The average molecular weight is 397 g/mol. The number of rotatable bonds is 5. The molecule has 0 atom stereocenters. The van der Waals surface area contributed by atoms with E-state index in [-0.39, 0.29) is 11.8 Å². The molecule has 1 N–H and O–H groups in total. The Morgan fingerprint density at radius 3 is 2.15 bits per heavy atom. The van der Waals surface area contributed by atoms with Crippen molar-refractivity contribution < 1.29 is 22.8 Å². The molecule has 0 aromatic carbocycles. The second kappa shape index (κ2) is 7.40. The molecule has 3 heterocycles. The summed E-state index contributed by atoms with van der Waals surface area (Å²) in [5.74, 6) is 0. The number of β-amino-alcohol motifs (C(OH)–C–C–N with tert-alkyl or cyclic N) is 1. The standard InChI is InChI=1S/C17H28BN3O5S/c1-16(2)17(3,4)26-18(25-16)13-11-19-15(20-12-13)27(23,24)14-5-7-21(8-6-14)9-10-22/h11-12,14,22H,5-10H2,1-4H3. The van der Waals surface area contributed by atoms with Crippen LogP contribution in [-0.2, 0) is 19.1 Å². The fourth-order valence-electron chi connectivity index (χ4n) is 3.31. The lowest BCUT2D eigenvalue weighted by Gasteiger charge is -2.32. The second-order valence-corrected chi connectivity index (χ2v) is 10.3. The van der Waals surface area contributed by atoms with Crippen molar-refractivity contribution in [1.82, 2.24) is 14.9 Å². The predicted molar refractivity (Wildman–Crippen MR) is 101 cm³/mol. The summed E-state index contributed by atoms with van der Waals surface area (Å²) in [6.07, 6.45) is 3.99. The van der Waals surface area contributed by atoms with Crippen LogP contribution in [0.25, 0.3) is 0 Å². The Hall–Kier alpha value is -1.07. The van der Waals surface area contributed by atoms with Gasteiger partial charge in [-0.15, -0.1) is 0 Å². The number of hydrogen-bond donors (Lipinski definition) is 1. The number of aromatic nitrogens is 2. The molecule has 0 radical (unpaired) electrons. The van der Waals surface area contributed by atoms with Gasteiger partial charge in [-0.1, -0.05) is 0 Å². The Bertz CT molecular complexity index is 745. The van der Waals surface area contributed by atoms with Crippen LogP contribution in [0.15, 0.2) is 17.6 Å². The molecule has 150 valence electrons. The van der Waals surface area contributed by atoms with E-state index in [4.69, 9.17) is 14.4 Å². The van der Waals surface area contributed by atoms with Crippen LogP contribution in [0.3, 0.4) is 0 Å². The molecule has 0 saturated carbocycles. The zero-order valence-electron chi connectivity index (χ0n) is 16.4. The first kappa shape index (κ1) is 20.7. The zero-order chi connectivity index (χ0) is 19.9. The monoisotopic (exact) mass is 397 g/mol. The highest BCUT2D eigenvalue weighted by Crippen LogP contribution is 2.36. The second-order valence-electron chi connectivity index (χ2n) is 8.20. The van der Waals surface area contributed by atoms with Crippen LogP contribution >= 0.6 is 0 Å². The Kier molecular flexibility index (Phi) is 5.66. The van der Waals surface area contributed by atoms with Gasteiger partial charge in [0.05, 0.1) is 23.1 Å². The number of hydrogen-bond acceptors (Lipinski definition) is 8. The highest BCUT2D eigenvalue weighted by Gasteiger charge is 2.52. The molecule has 0 aliphatic carbocycles. The van der Waals surface area contributed by atoms with E-state index < -0.39 is 33.4 Å². The topological polar surface area (TPSA) is 102 Å². The minimum Gasteiger partial charge on any atom is -0.399 e. The molecule has 0 bridgehead atoms. The summed E-state index contributed by atoms with van der Waals surface area (Å²) in [6, 6.07) is 0. The maximum atomic E-state index is 12.8. The Labute approximate surface area is 161 Å². The fourth-order valence-corrected chi connectivity index (χ4v) is 4.84. The molecule has 2 aliphatic heterocycles. The van der Waals surface area contributed by atoms with Crippen molar-refractivity contribution >= 4 is 22.4 Å². The molecular formula is C17H28BN3O5S. The van der Waals surface area contributed by atoms with Crippen LogP contribution in [0, 0.1) is 0 Å². The Balaban J connectivity index is 1.70. The van der Waals surface area contributed by atoms with Crippen molar-refractivity contribution in [2.45, 2.75) is 62.1 Å². The predicted octanol–water partition coefficient (Wildman–Crippen LogP) is 0.00620. The zero-order valence-corrected chi connectivity index (χ0v) is 17.2. The van der Waals surface area contributed by atoms with Gasteiger partial charge in [-0.25, -0.2) is 18.4 Å².